The molecule has 1 aromatic rings. The van der Waals surface area contributed by atoms with Gasteiger partial charge >= 0.3 is 0 Å². The minimum absolute atomic E-state index is 0.279. The van der Waals surface area contributed by atoms with Crippen LogP contribution in [0.1, 0.15) is 44.7 Å². The van der Waals surface area contributed by atoms with E-state index in [2.05, 4.69) is 43.0 Å². The zero-order chi connectivity index (χ0) is 15.5. The Kier molecular flexibility index (Phi) is 5.17. The zero-order valence-electron chi connectivity index (χ0n) is 13.7. The number of carbonyl (C=O) groups excluding carboxylic acids is 1. The van der Waals surface area contributed by atoms with E-state index >= 15 is 0 Å². The summed E-state index contributed by atoms with van der Waals surface area (Å²) in [5, 5.41) is 0. The Balaban J connectivity index is 2.02. The number of nitrogens with zero attached hydrogens (tertiary/aromatic N) is 1. The molecule has 1 aliphatic rings. The van der Waals surface area contributed by atoms with Gasteiger partial charge in [0.25, 0.3) is 0 Å². The van der Waals surface area contributed by atoms with Crippen LogP contribution >= 0.6 is 0 Å². The largest absolute Gasteiger partial charge is 0.379 e. The van der Waals surface area contributed by atoms with Gasteiger partial charge in [0.2, 0.25) is 0 Å². The molecule has 0 atom stereocenters. The van der Waals surface area contributed by atoms with Gasteiger partial charge in [-0.3, -0.25) is 9.69 Å². The second-order valence-corrected chi connectivity index (χ2v) is 6.65. The first kappa shape index (κ1) is 16.2. The molecule has 3 heteroatoms. The first-order valence-corrected chi connectivity index (χ1v) is 7.86. The Morgan fingerprint density at radius 1 is 1.19 bits per heavy atom. The van der Waals surface area contributed by atoms with E-state index in [4.69, 9.17) is 4.74 Å². The van der Waals surface area contributed by atoms with Crippen LogP contribution in [0.2, 0.25) is 0 Å². The van der Waals surface area contributed by atoms with Gasteiger partial charge in [0.15, 0.2) is 5.78 Å². The highest BCUT2D eigenvalue weighted by Gasteiger charge is 2.34. The highest BCUT2D eigenvalue weighted by Crippen LogP contribution is 2.21. The number of morpholine rings is 1. The lowest BCUT2D eigenvalue weighted by molar-refractivity contribution is -0.131. The third-order valence-electron chi connectivity index (χ3n) is 4.50. The maximum absolute atomic E-state index is 12.7. The van der Waals surface area contributed by atoms with Gasteiger partial charge in [0.1, 0.15) is 0 Å². The summed E-state index contributed by atoms with van der Waals surface area (Å²) in [4.78, 5) is 14.9. The summed E-state index contributed by atoms with van der Waals surface area (Å²) in [5.41, 5.74) is 2.00. The van der Waals surface area contributed by atoms with Crippen LogP contribution < -0.4 is 0 Å². The molecule has 0 N–H and O–H groups in total. The second kappa shape index (κ2) is 6.71. The average Bonchev–Trinajstić information content (AvgIpc) is 2.48. The smallest absolute Gasteiger partial charge is 0.156 e. The van der Waals surface area contributed by atoms with E-state index in [0.29, 0.717) is 12.3 Å². The van der Waals surface area contributed by atoms with E-state index in [-0.39, 0.29) is 5.78 Å². The molecule has 2 rings (SSSR count). The SMILES string of the molecule is CC(C)c1ccc(CC(=O)C(C)(C)N2CCOCC2)cc1. The Hall–Kier alpha value is -1.19. The van der Waals surface area contributed by atoms with Gasteiger partial charge < -0.3 is 4.74 Å². The third-order valence-corrected chi connectivity index (χ3v) is 4.50. The number of ketones is 1. The monoisotopic (exact) mass is 289 g/mol. The molecule has 116 valence electrons. The Labute approximate surface area is 128 Å². The summed E-state index contributed by atoms with van der Waals surface area (Å²) >= 11 is 0. The minimum Gasteiger partial charge on any atom is -0.379 e. The molecule has 1 heterocycles. The van der Waals surface area contributed by atoms with Crippen LogP contribution in [0.25, 0.3) is 0 Å². The van der Waals surface area contributed by atoms with Crippen molar-refractivity contribution < 1.29 is 9.53 Å². The first-order valence-electron chi connectivity index (χ1n) is 7.86. The molecule has 1 aromatic carbocycles. The molecule has 0 unspecified atom stereocenters. The molecule has 0 spiro atoms. The van der Waals surface area contributed by atoms with E-state index in [1.54, 1.807) is 0 Å². The van der Waals surface area contributed by atoms with Crippen LogP contribution in [-0.2, 0) is 16.0 Å². The average molecular weight is 289 g/mol. The van der Waals surface area contributed by atoms with Crippen molar-refractivity contribution in [3.63, 3.8) is 0 Å². The molecule has 0 radical (unpaired) electrons. The van der Waals surface area contributed by atoms with Crippen LogP contribution in [0.15, 0.2) is 24.3 Å². The van der Waals surface area contributed by atoms with Crippen molar-refractivity contribution in [2.45, 2.75) is 45.6 Å². The molecular formula is C18H27NO2. The highest BCUT2D eigenvalue weighted by molar-refractivity contribution is 5.89. The van der Waals surface area contributed by atoms with Crippen molar-refractivity contribution in [3.05, 3.63) is 35.4 Å². The number of hydrogen-bond acceptors (Lipinski definition) is 3. The number of rotatable bonds is 5. The lowest BCUT2D eigenvalue weighted by atomic mass is 9.90. The van der Waals surface area contributed by atoms with Crippen LogP contribution in [0.3, 0.4) is 0 Å². The molecule has 21 heavy (non-hydrogen) atoms. The lowest BCUT2D eigenvalue weighted by Crippen LogP contribution is -2.54. The van der Waals surface area contributed by atoms with Gasteiger partial charge in [0, 0.05) is 19.5 Å². The van der Waals surface area contributed by atoms with Crippen molar-refractivity contribution in [2.24, 2.45) is 0 Å². The normalized spacial score (nSPS) is 17.2. The van der Waals surface area contributed by atoms with Crippen molar-refractivity contribution >= 4 is 5.78 Å². The van der Waals surface area contributed by atoms with Crippen LogP contribution in [0.4, 0.5) is 0 Å². The molecule has 0 saturated carbocycles. The van der Waals surface area contributed by atoms with E-state index in [0.717, 1.165) is 31.9 Å². The summed E-state index contributed by atoms with van der Waals surface area (Å²) in [6.07, 6.45) is 0.503. The van der Waals surface area contributed by atoms with Gasteiger partial charge in [-0.1, -0.05) is 38.1 Å². The van der Waals surface area contributed by atoms with E-state index < -0.39 is 5.54 Å². The molecule has 0 bridgehead atoms. The Morgan fingerprint density at radius 2 is 1.76 bits per heavy atom. The predicted octanol–water partition coefficient (Wildman–Crippen LogP) is 3.03. The summed E-state index contributed by atoms with van der Waals surface area (Å²) in [7, 11) is 0. The number of Topliss-reactive ketones (excluding diaryl/α,β-unsaturated/α-hetero) is 1. The molecule has 1 saturated heterocycles. The molecule has 0 aromatic heterocycles. The molecule has 1 fully saturated rings. The standard InChI is InChI=1S/C18H27NO2/c1-14(2)16-7-5-15(6-8-16)13-17(20)18(3,4)19-9-11-21-12-10-19/h5-8,14H,9-13H2,1-4H3. The second-order valence-electron chi connectivity index (χ2n) is 6.65. The molecule has 0 aliphatic carbocycles. The third kappa shape index (κ3) is 3.92. The Morgan fingerprint density at radius 3 is 2.29 bits per heavy atom. The van der Waals surface area contributed by atoms with Crippen molar-refractivity contribution in [3.8, 4) is 0 Å². The summed E-state index contributed by atoms with van der Waals surface area (Å²) in [6.45, 7) is 11.5. The maximum Gasteiger partial charge on any atom is 0.156 e. The van der Waals surface area contributed by atoms with E-state index in [9.17, 15) is 4.79 Å². The topological polar surface area (TPSA) is 29.5 Å². The van der Waals surface area contributed by atoms with Gasteiger partial charge in [-0.05, 0) is 30.9 Å². The maximum atomic E-state index is 12.7. The van der Waals surface area contributed by atoms with Gasteiger partial charge in [-0.15, -0.1) is 0 Å². The first-order chi connectivity index (χ1) is 9.91. The van der Waals surface area contributed by atoms with Crippen molar-refractivity contribution in [1.29, 1.82) is 0 Å². The van der Waals surface area contributed by atoms with Crippen LogP contribution in [-0.4, -0.2) is 42.5 Å². The van der Waals surface area contributed by atoms with Crippen LogP contribution in [0, 0.1) is 0 Å². The van der Waals surface area contributed by atoms with E-state index in [1.807, 2.05) is 13.8 Å². The summed E-state index contributed by atoms with van der Waals surface area (Å²) in [6, 6.07) is 8.44. The lowest BCUT2D eigenvalue weighted by Gasteiger charge is -2.39. The van der Waals surface area contributed by atoms with Crippen molar-refractivity contribution in [2.75, 3.05) is 26.3 Å². The van der Waals surface area contributed by atoms with Crippen LogP contribution in [0.5, 0.6) is 0 Å². The quantitative estimate of drug-likeness (QED) is 0.834. The fraction of sp³-hybridized carbons (Fsp3) is 0.611. The molecule has 0 amide bonds. The number of benzene rings is 1. The van der Waals surface area contributed by atoms with Gasteiger partial charge in [0.05, 0.1) is 18.8 Å². The molecule has 1 aliphatic heterocycles. The number of hydrogen-bond donors (Lipinski definition) is 0. The summed E-state index contributed by atoms with van der Waals surface area (Å²) < 4.78 is 5.38. The predicted molar refractivity (Wildman–Crippen MR) is 85.7 cm³/mol. The van der Waals surface area contributed by atoms with Crippen molar-refractivity contribution in [1.82, 2.24) is 4.90 Å². The highest BCUT2D eigenvalue weighted by atomic mass is 16.5. The fourth-order valence-electron chi connectivity index (χ4n) is 2.72. The Bertz CT molecular complexity index is 470. The number of carbonyl (C=O) groups is 1. The fourth-order valence-corrected chi connectivity index (χ4v) is 2.72. The zero-order valence-corrected chi connectivity index (χ0v) is 13.7. The molecule has 3 nitrogen and oxygen atoms in total. The molecular weight excluding hydrogens is 262 g/mol. The van der Waals surface area contributed by atoms with Gasteiger partial charge in [-0.25, -0.2) is 0 Å². The number of ether oxygens (including phenoxy) is 1. The summed E-state index contributed by atoms with van der Waals surface area (Å²) in [5.74, 6) is 0.807. The minimum atomic E-state index is -0.416. The van der Waals surface area contributed by atoms with Gasteiger partial charge in [-0.2, -0.15) is 0 Å². The van der Waals surface area contributed by atoms with E-state index in [1.165, 1.54) is 5.56 Å².